The van der Waals surface area contributed by atoms with Crippen molar-refractivity contribution in [3.8, 4) is 0 Å². The van der Waals surface area contributed by atoms with E-state index in [0.717, 1.165) is 39.8 Å². The molecular formula is C15H20BrIN2O. The number of piperidine rings is 1. The van der Waals surface area contributed by atoms with Gasteiger partial charge in [-0.25, -0.2) is 0 Å². The molecule has 1 saturated heterocycles. The first-order chi connectivity index (χ1) is 9.61. The number of nitrogens with one attached hydrogen (secondary N) is 1. The monoisotopic (exact) mass is 450 g/mol. The number of hydrogen-bond acceptors (Lipinski definition) is 2. The highest BCUT2D eigenvalue weighted by Crippen LogP contribution is 2.21. The lowest BCUT2D eigenvalue weighted by Crippen LogP contribution is -2.39. The Morgan fingerprint density at radius 1 is 1.45 bits per heavy atom. The highest BCUT2D eigenvalue weighted by molar-refractivity contribution is 14.1. The molecule has 110 valence electrons. The molecule has 0 radical (unpaired) electrons. The number of carbonyl (C=O) groups is 1. The normalized spacial score (nSPS) is 16.1. The predicted octanol–water partition coefficient (Wildman–Crippen LogP) is 3.52. The van der Waals surface area contributed by atoms with Crippen LogP contribution >= 0.6 is 38.5 Å². The summed E-state index contributed by atoms with van der Waals surface area (Å²) in [5, 5.41) is 3.37. The van der Waals surface area contributed by atoms with Gasteiger partial charge in [-0.15, -0.1) is 0 Å². The number of hydrogen-bond donors (Lipinski definition) is 1. The zero-order chi connectivity index (χ0) is 14.5. The number of rotatable bonds is 4. The molecule has 1 heterocycles. The maximum atomic E-state index is 12.7. The molecule has 0 aromatic heterocycles. The summed E-state index contributed by atoms with van der Waals surface area (Å²) in [4.78, 5) is 14.7. The number of carbonyl (C=O) groups excluding carboxylic acids is 1. The predicted molar refractivity (Wildman–Crippen MR) is 94.0 cm³/mol. The first-order valence-corrected chi connectivity index (χ1v) is 8.94. The SMILES string of the molecule is CCN(CC1CCNCC1)C(=O)c1cc(Br)ccc1I. The van der Waals surface area contributed by atoms with Crippen LogP contribution in [0.3, 0.4) is 0 Å². The zero-order valence-electron chi connectivity index (χ0n) is 11.7. The van der Waals surface area contributed by atoms with E-state index in [0.29, 0.717) is 5.92 Å². The van der Waals surface area contributed by atoms with Crippen molar-refractivity contribution in [1.29, 1.82) is 0 Å². The van der Waals surface area contributed by atoms with Gasteiger partial charge >= 0.3 is 0 Å². The summed E-state index contributed by atoms with van der Waals surface area (Å²) >= 11 is 5.69. The number of benzene rings is 1. The van der Waals surface area contributed by atoms with Crippen molar-refractivity contribution in [3.05, 3.63) is 31.8 Å². The molecule has 0 saturated carbocycles. The largest absolute Gasteiger partial charge is 0.339 e. The van der Waals surface area contributed by atoms with Crippen molar-refractivity contribution in [2.45, 2.75) is 19.8 Å². The van der Waals surface area contributed by atoms with E-state index in [9.17, 15) is 4.79 Å². The van der Waals surface area contributed by atoms with Crippen LogP contribution in [0.1, 0.15) is 30.1 Å². The van der Waals surface area contributed by atoms with Crippen molar-refractivity contribution in [3.63, 3.8) is 0 Å². The van der Waals surface area contributed by atoms with Crippen LogP contribution in [0.5, 0.6) is 0 Å². The topological polar surface area (TPSA) is 32.3 Å². The maximum Gasteiger partial charge on any atom is 0.254 e. The van der Waals surface area contributed by atoms with E-state index in [1.807, 2.05) is 23.1 Å². The van der Waals surface area contributed by atoms with Crippen LogP contribution in [0, 0.1) is 9.49 Å². The minimum atomic E-state index is 0.150. The van der Waals surface area contributed by atoms with Crippen molar-refractivity contribution in [2.24, 2.45) is 5.92 Å². The molecule has 5 heteroatoms. The van der Waals surface area contributed by atoms with Crippen LogP contribution < -0.4 is 5.32 Å². The standard InChI is InChI=1S/C15H20BrIN2O/c1-2-19(10-11-5-7-18-8-6-11)15(20)13-9-12(16)3-4-14(13)17/h3-4,9,11,18H,2,5-8,10H2,1H3. The molecular weight excluding hydrogens is 431 g/mol. The highest BCUT2D eigenvalue weighted by Gasteiger charge is 2.22. The Morgan fingerprint density at radius 3 is 2.80 bits per heavy atom. The molecule has 1 fully saturated rings. The maximum absolute atomic E-state index is 12.7. The minimum Gasteiger partial charge on any atom is -0.339 e. The van der Waals surface area contributed by atoms with Crippen LogP contribution in [-0.2, 0) is 0 Å². The van der Waals surface area contributed by atoms with Crippen LogP contribution in [0.15, 0.2) is 22.7 Å². The Morgan fingerprint density at radius 2 is 2.15 bits per heavy atom. The molecule has 3 nitrogen and oxygen atoms in total. The fourth-order valence-electron chi connectivity index (χ4n) is 2.56. The lowest BCUT2D eigenvalue weighted by atomic mass is 9.97. The minimum absolute atomic E-state index is 0.150. The Hall–Kier alpha value is -0.140. The summed E-state index contributed by atoms with van der Waals surface area (Å²) in [6, 6.07) is 5.88. The number of nitrogens with zero attached hydrogens (tertiary/aromatic N) is 1. The molecule has 1 N–H and O–H groups in total. The van der Waals surface area contributed by atoms with Gasteiger partial charge in [0.1, 0.15) is 0 Å². The number of amides is 1. The highest BCUT2D eigenvalue weighted by atomic mass is 127. The Balaban J connectivity index is 2.09. The fraction of sp³-hybridized carbons (Fsp3) is 0.533. The Labute approximate surface area is 142 Å². The lowest BCUT2D eigenvalue weighted by molar-refractivity contribution is 0.0725. The molecule has 1 aromatic carbocycles. The van der Waals surface area contributed by atoms with E-state index in [-0.39, 0.29) is 5.91 Å². The molecule has 0 bridgehead atoms. The third-order valence-corrected chi connectivity index (χ3v) is 5.20. The van der Waals surface area contributed by atoms with Crippen LogP contribution in [-0.4, -0.2) is 37.0 Å². The van der Waals surface area contributed by atoms with Gasteiger partial charge in [0.2, 0.25) is 0 Å². The molecule has 1 aliphatic rings. The van der Waals surface area contributed by atoms with Gasteiger partial charge < -0.3 is 10.2 Å². The van der Waals surface area contributed by atoms with Crippen molar-refractivity contribution >= 4 is 44.4 Å². The molecule has 0 aliphatic carbocycles. The van der Waals surface area contributed by atoms with Gasteiger partial charge in [0.05, 0.1) is 5.56 Å². The third kappa shape index (κ3) is 4.18. The Kier molecular flexibility index (Phi) is 6.29. The average Bonchev–Trinajstić information content (AvgIpc) is 2.47. The molecule has 0 spiro atoms. The van der Waals surface area contributed by atoms with Gasteiger partial charge in [0, 0.05) is 21.1 Å². The first-order valence-electron chi connectivity index (χ1n) is 7.07. The van der Waals surface area contributed by atoms with Crippen molar-refractivity contribution in [2.75, 3.05) is 26.2 Å². The first kappa shape index (κ1) is 16.2. The molecule has 0 unspecified atom stereocenters. The van der Waals surface area contributed by atoms with Gasteiger partial charge in [-0.2, -0.15) is 0 Å². The van der Waals surface area contributed by atoms with Gasteiger partial charge in [-0.3, -0.25) is 4.79 Å². The van der Waals surface area contributed by atoms with E-state index >= 15 is 0 Å². The van der Waals surface area contributed by atoms with E-state index < -0.39 is 0 Å². The van der Waals surface area contributed by atoms with Crippen LogP contribution in [0.25, 0.3) is 0 Å². The van der Waals surface area contributed by atoms with Gasteiger partial charge in [0.25, 0.3) is 5.91 Å². The molecule has 2 rings (SSSR count). The second kappa shape index (κ2) is 7.75. The van der Waals surface area contributed by atoms with Crippen LogP contribution in [0.4, 0.5) is 0 Å². The average molecular weight is 451 g/mol. The second-order valence-corrected chi connectivity index (χ2v) is 7.24. The van der Waals surface area contributed by atoms with Gasteiger partial charge in [-0.05, 0) is 79.6 Å². The molecule has 1 amide bonds. The summed E-state index contributed by atoms with van der Waals surface area (Å²) in [7, 11) is 0. The fourth-order valence-corrected chi connectivity index (χ4v) is 3.49. The van der Waals surface area contributed by atoms with Gasteiger partial charge in [0.15, 0.2) is 0 Å². The smallest absolute Gasteiger partial charge is 0.254 e. The summed E-state index contributed by atoms with van der Waals surface area (Å²) in [6.07, 6.45) is 2.33. The lowest BCUT2D eigenvalue weighted by Gasteiger charge is -2.29. The third-order valence-electron chi connectivity index (χ3n) is 3.77. The molecule has 20 heavy (non-hydrogen) atoms. The summed E-state index contributed by atoms with van der Waals surface area (Å²) in [5.74, 6) is 0.779. The summed E-state index contributed by atoms with van der Waals surface area (Å²) in [6.45, 7) is 5.85. The zero-order valence-corrected chi connectivity index (χ0v) is 15.4. The second-order valence-electron chi connectivity index (χ2n) is 5.16. The van der Waals surface area contributed by atoms with Crippen molar-refractivity contribution < 1.29 is 4.79 Å². The van der Waals surface area contributed by atoms with E-state index in [4.69, 9.17) is 0 Å². The van der Waals surface area contributed by atoms with Crippen LogP contribution in [0.2, 0.25) is 0 Å². The molecule has 0 atom stereocenters. The summed E-state index contributed by atoms with van der Waals surface area (Å²) in [5.41, 5.74) is 0.802. The van der Waals surface area contributed by atoms with E-state index in [1.165, 1.54) is 12.8 Å². The van der Waals surface area contributed by atoms with Crippen molar-refractivity contribution in [1.82, 2.24) is 10.2 Å². The van der Waals surface area contributed by atoms with E-state index in [2.05, 4.69) is 50.8 Å². The molecule has 1 aromatic rings. The summed E-state index contributed by atoms with van der Waals surface area (Å²) < 4.78 is 1.97. The Bertz CT molecular complexity index is 475. The quantitative estimate of drug-likeness (QED) is 0.712. The van der Waals surface area contributed by atoms with Gasteiger partial charge in [-0.1, -0.05) is 15.9 Å². The molecule has 1 aliphatic heterocycles. The van der Waals surface area contributed by atoms with E-state index in [1.54, 1.807) is 0 Å². The number of halogens is 2.